The molecule has 4 rings (SSSR count). The molecular weight excluding hydrogens is 376 g/mol. The van der Waals surface area contributed by atoms with Crippen LogP contribution in [-0.4, -0.2) is 43.7 Å². The molecule has 2 aliphatic rings. The number of furan rings is 1. The van der Waals surface area contributed by atoms with E-state index in [1.54, 1.807) is 19.2 Å². The maximum absolute atomic E-state index is 12.8. The van der Waals surface area contributed by atoms with Crippen molar-refractivity contribution in [3.05, 3.63) is 59.5 Å². The van der Waals surface area contributed by atoms with Crippen molar-refractivity contribution in [3.8, 4) is 0 Å². The van der Waals surface area contributed by atoms with E-state index in [9.17, 15) is 4.79 Å². The number of methoxy groups -OCH3 is 1. The number of amides is 1. The summed E-state index contributed by atoms with van der Waals surface area (Å²) in [7, 11) is 1.78. The number of ether oxygens (including phenoxy) is 1. The summed E-state index contributed by atoms with van der Waals surface area (Å²) in [6.45, 7) is 7.91. The number of nitrogens with zero attached hydrogens (tertiary/aromatic N) is 1. The van der Waals surface area contributed by atoms with Crippen LogP contribution < -0.4 is 5.32 Å². The summed E-state index contributed by atoms with van der Waals surface area (Å²) in [6, 6.07) is 11.8. The van der Waals surface area contributed by atoms with Gasteiger partial charge < -0.3 is 19.4 Å². The van der Waals surface area contributed by atoms with E-state index >= 15 is 0 Å². The first-order valence-corrected chi connectivity index (χ1v) is 11.3. The predicted molar refractivity (Wildman–Crippen MR) is 118 cm³/mol. The summed E-state index contributed by atoms with van der Waals surface area (Å²) >= 11 is 0. The van der Waals surface area contributed by atoms with E-state index in [0.29, 0.717) is 5.76 Å². The zero-order valence-electron chi connectivity index (χ0n) is 18.4. The maximum atomic E-state index is 12.8. The Labute approximate surface area is 179 Å². The van der Waals surface area contributed by atoms with Crippen LogP contribution in [0.15, 0.2) is 47.1 Å². The first-order valence-electron chi connectivity index (χ1n) is 11.3. The van der Waals surface area contributed by atoms with Gasteiger partial charge in [-0.25, -0.2) is 0 Å². The van der Waals surface area contributed by atoms with Gasteiger partial charge >= 0.3 is 0 Å². The predicted octanol–water partition coefficient (Wildman–Crippen LogP) is 4.55. The number of likely N-dealkylation sites (tertiary alicyclic amines) is 1. The molecule has 1 aromatic carbocycles. The highest BCUT2D eigenvalue weighted by atomic mass is 16.5. The topological polar surface area (TPSA) is 54.7 Å². The van der Waals surface area contributed by atoms with Gasteiger partial charge in [0.05, 0.1) is 18.4 Å². The van der Waals surface area contributed by atoms with E-state index in [0.717, 1.165) is 31.8 Å². The van der Waals surface area contributed by atoms with Gasteiger partial charge in [0.25, 0.3) is 5.91 Å². The summed E-state index contributed by atoms with van der Waals surface area (Å²) in [6.07, 6.45) is 6.03. The van der Waals surface area contributed by atoms with Crippen LogP contribution >= 0.6 is 0 Å². The van der Waals surface area contributed by atoms with Crippen LogP contribution in [0.4, 0.5) is 0 Å². The van der Waals surface area contributed by atoms with Gasteiger partial charge in [0.2, 0.25) is 0 Å². The fraction of sp³-hybridized carbons (Fsp3) is 0.560. The largest absolute Gasteiger partial charge is 0.459 e. The van der Waals surface area contributed by atoms with Crippen molar-refractivity contribution in [2.45, 2.75) is 57.1 Å². The van der Waals surface area contributed by atoms with Crippen LogP contribution in [0, 0.1) is 5.92 Å². The SMILES string of the molecule is CCC(CC)CN1CCC2(CC1)c1ccccc1[C@@H](NC(=O)c1ccco1)[C@@H]2OC. The van der Waals surface area contributed by atoms with Gasteiger partial charge in [-0.1, -0.05) is 51.0 Å². The van der Waals surface area contributed by atoms with Crippen LogP contribution in [0.3, 0.4) is 0 Å². The number of rotatable bonds is 7. The standard InChI is InChI=1S/C25H34N2O3/c1-4-18(5-2)17-27-14-12-25(13-15-27)20-10-7-6-9-19(20)22(23(25)29-3)26-24(28)21-11-8-16-30-21/h6-11,16,18,22-23H,4-5,12-15,17H2,1-3H3,(H,26,28)/t22-,23+/m1/s1. The zero-order valence-corrected chi connectivity index (χ0v) is 18.4. The van der Waals surface area contributed by atoms with Gasteiger partial charge in [0.15, 0.2) is 5.76 Å². The van der Waals surface area contributed by atoms with Gasteiger partial charge in [-0.15, -0.1) is 0 Å². The minimum absolute atomic E-state index is 0.0587. The Bertz CT molecular complexity index is 836. The Kier molecular flexibility index (Phi) is 6.30. The second-order valence-corrected chi connectivity index (χ2v) is 8.81. The van der Waals surface area contributed by atoms with Gasteiger partial charge in [-0.2, -0.15) is 0 Å². The highest BCUT2D eigenvalue weighted by Gasteiger charge is 2.54. The quantitative estimate of drug-likeness (QED) is 0.728. The molecule has 0 unspecified atom stereocenters. The van der Waals surface area contributed by atoms with Crippen LogP contribution in [-0.2, 0) is 10.2 Å². The van der Waals surface area contributed by atoms with Crippen molar-refractivity contribution in [1.29, 1.82) is 0 Å². The van der Waals surface area contributed by atoms with Crippen molar-refractivity contribution in [1.82, 2.24) is 10.2 Å². The maximum Gasteiger partial charge on any atom is 0.287 e. The van der Waals surface area contributed by atoms with E-state index in [1.165, 1.54) is 36.8 Å². The van der Waals surface area contributed by atoms with E-state index in [2.05, 4.69) is 48.3 Å². The Balaban J connectivity index is 1.57. The Morgan fingerprint density at radius 2 is 1.93 bits per heavy atom. The molecule has 1 saturated heterocycles. The fourth-order valence-corrected chi connectivity index (χ4v) is 5.59. The molecular formula is C25H34N2O3. The molecule has 5 nitrogen and oxygen atoms in total. The number of benzene rings is 1. The zero-order chi connectivity index (χ0) is 21.1. The summed E-state index contributed by atoms with van der Waals surface area (Å²) in [5.41, 5.74) is 2.46. The average molecular weight is 411 g/mol. The second-order valence-electron chi connectivity index (χ2n) is 8.81. The lowest BCUT2D eigenvalue weighted by Gasteiger charge is -2.44. The van der Waals surface area contributed by atoms with E-state index in [-0.39, 0.29) is 23.5 Å². The van der Waals surface area contributed by atoms with Crippen molar-refractivity contribution in [2.24, 2.45) is 5.92 Å². The number of piperidine rings is 1. The molecule has 1 N–H and O–H groups in total. The smallest absolute Gasteiger partial charge is 0.287 e. The lowest BCUT2D eigenvalue weighted by molar-refractivity contribution is -0.0132. The van der Waals surface area contributed by atoms with Crippen LogP contribution in [0.25, 0.3) is 0 Å². The Morgan fingerprint density at radius 3 is 2.57 bits per heavy atom. The van der Waals surface area contributed by atoms with E-state index < -0.39 is 0 Å². The third-order valence-electron chi connectivity index (χ3n) is 7.38. The number of hydrogen-bond acceptors (Lipinski definition) is 4. The molecule has 1 amide bonds. The number of carbonyl (C=O) groups is 1. The highest BCUT2D eigenvalue weighted by Crippen LogP contribution is 2.52. The molecule has 1 aliphatic heterocycles. The van der Waals surface area contributed by atoms with E-state index in [1.807, 2.05) is 0 Å². The van der Waals surface area contributed by atoms with Gasteiger partial charge in [0.1, 0.15) is 0 Å². The summed E-state index contributed by atoms with van der Waals surface area (Å²) in [5.74, 6) is 0.918. The van der Waals surface area contributed by atoms with Crippen LogP contribution in [0.5, 0.6) is 0 Å². The highest BCUT2D eigenvalue weighted by molar-refractivity contribution is 5.91. The van der Waals surface area contributed by atoms with Crippen LogP contribution in [0.2, 0.25) is 0 Å². The average Bonchev–Trinajstić information content (AvgIpc) is 3.40. The molecule has 0 bridgehead atoms. The van der Waals surface area contributed by atoms with Gasteiger partial charge in [0, 0.05) is 19.1 Å². The number of fused-ring (bicyclic) bond motifs is 2. The minimum atomic E-state index is -0.190. The Morgan fingerprint density at radius 1 is 1.20 bits per heavy atom. The molecule has 2 aromatic rings. The first kappa shape index (κ1) is 21.1. The number of hydrogen-bond donors (Lipinski definition) is 1. The van der Waals surface area contributed by atoms with Gasteiger partial charge in [-0.05, 0) is 55.1 Å². The molecule has 162 valence electrons. The molecule has 1 fully saturated rings. The lowest BCUT2D eigenvalue weighted by atomic mass is 9.71. The summed E-state index contributed by atoms with van der Waals surface area (Å²) < 4.78 is 11.4. The van der Waals surface area contributed by atoms with Crippen molar-refractivity contribution in [3.63, 3.8) is 0 Å². The molecule has 0 saturated carbocycles. The molecule has 2 heterocycles. The molecule has 30 heavy (non-hydrogen) atoms. The molecule has 5 heteroatoms. The third kappa shape index (κ3) is 3.69. The fourth-order valence-electron chi connectivity index (χ4n) is 5.59. The monoisotopic (exact) mass is 410 g/mol. The number of carbonyl (C=O) groups excluding carboxylic acids is 1. The number of nitrogens with one attached hydrogen (secondary N) is 1. The van der Waals surface area contributed by atoms with E-state index in [4.69, 9.17) is 9.15 Å². The van der Waals surface area contributed by atoms with Crippen molar-refractivity contribution < 1.29 is 13.9 Å². The summed E-state index contributed by atoms with van der Waals surface area (Å²) in [4.78, 5) is 15.4. The third-order valence-corrected chi connectivity index (χ3v) is 7.38. The second kappa shape index (κ2) is 8.94. The first-order chi connectivity index (χ1) is 14.6. The molecule has 1 aliphatic carbocycles. The lowest BCUT2D eigenvalue weighted by Crippen LogP contribution is -2.51. The molecule has 1 spiro atoms. The van der Waals surface area contributed by atoms with Crippen LogP contribution in [0.1, 0.15) is 67.3 Å². The van der Waals surface area contributed by atoms with Crippen molar-refractivity contribution in [2.75, 3.05) is 26.7 Å². The Hall–Kier alpha value is -2.11. The minimum Gasteiger partial charge on any atom is -0.459 e. The molecule has 0 radical (unpaired) electrons. The molecule has 1 aromatic heterocycles. The van der Waals surface area contributed by atoms with Gasteiger partial charge in [-0.3, -0.25) is 4.79 Å². The normalized spacial score (nSPS) is 23.1. The van der Waals surface area contributed by atoms with Crippen molar-refractivity contribution >= 4 is 5.91 Å². The molecule has 2 atom stereocenters. The summed E-state index contributed by atoms with van der Waals surface area (Å²) in [5, 5.41) is 3.20.